The Hall–Kier alpha value is -7.29. The van der Waals surface area contributed by atoms with Gasteiger partial charge in [0.15, 0.2) is 40.0 Å². The summed E-state index contributed by atoms with van der Waals surface area (Å²) in [7, 11) is 5.00. The van der Waals surface area contributed by atoms with Gasteiger partial charge in [-0.2, -0.15) is 5.26 Å². The SMILES string of the molecule is COc1cc2c(cc1O)CCN[C@]21CS[C@@H]2c3c(OC(=O)/C=C/c4ccccc4)c(C)c4c(c3[C@H](COC1=O)N1C2[C@H]2c3c(cc(C)c(OC)c3OC(=O)/C=C/c3ccccc3)C[C@@H]([C@@H]1C#N)N2C)OCO4. The molecule has 0 aliphatic carbocycles. The van der Waals surface area contributed by atoms with E-state index in [4.69, 9.17) is 33.2 Å². The molecule has 1 spiro atoms. The van der Waals surface area contributed by atoms with Crippen molar-refractivity contribution in [1.29, 1.82) is 5.26 Å². The number of nitriles is 1. The van der Waals surface area contributed by atoms with Crippen molar-refractivity contribution in [2.75, 3.05) is 47.0 Å². The number of nitrogens with zero attached hydrogens (tertiary/aromatic N) is 3. The average molecular weight is 989 g/mol. The Morgan fingerprint density at radius 3 is 2.21 bits per heavy atom. The summed E-state index contributed by atoms with van der Waals surface area (Å²) in [6.45, 7) is 3.77. The van der Waals surface area contributed by atoms with Gasteiger partial charge < -0.3 is 38.3 Å². The predicted octanol–water partition coefficient (Wildman–Crippen LogP) is 7.59. The maximum absolute atomic E-state index is 15.2. The number of aromatic hydroxyl groups is 1. The van der Waals surface area contributed by atoms with E-state index in [1.165, 1.54) is 31.0 Å². The molecule has 2 saturated heterocycles. The highest BCUT2D eigenvalue weighted by Crippen LogP contribution is 2.65. The Morgan fingerprint density at radius 1 is 0.861 bits per heavy atom. The zero-order chi connectivity index (χ0) is 50.0. The minimum Gasteiger partial charge on any atom is -0.504 e. The molecule has 12 rings (SSSR count). The van der Waals surface area contributed by atoms with Crippen LogP contribution >= 0.6 is 11.8 Å². The van der Waals surface area contributed by atoms with Crippen molar-refractivity contribution in [3.63, 3.8) is 0 Å². The molecule has 7 aliphatic heterocycles. The molecule has 7 atom stereocenters. The molecule has 0 amide bonds. The number of piperazine rings is 1. The largest absolute Gasteiger partial charge is 0.504 e. The van der Waals surface area contributed by atoms with Crippen molar-refractivity contribution < 1.29 is 52.6 Å². The number of thioether (sulfide) groups is 1. The van der Waals surface area contributed by atoms with Crippen LogP contribution in [0, 0.1) is 25.2 Å². The second kappa shape index (κ2) is 18.7. The quantitative estimate of drug-likeness (QED) is 0.0882. The molecule has 0 saturated carbocycles. The Morgan fingerprint density at radius 2 is 1.54 bits per heavy atom. The van der Waals surface area contributed by atoms with Gasteiger partial charge in [-0.15, -0.1) is 11.8 Å². The van der Waals surface area contributed by atoms with Crippen LogP contribution in [0.15, 0.2) is 91.0 Å². The number of likely N-dealkylation sites (N-methyl/N-ethyl adjacent to an activating group) is 1. The van der Waals surface area contributed by atoms with E-state index in [9.17, 15) is 20.0 Å². The van der Waals surface area contributed by atoms with E-state index in [-0.39, 0.29) is 48.2 Å². The molecule has 7 heterocycles. The summed E-state index contributed by atoms with van der Waals surface area (Å²) in [5.41, 5.74) is 5.65. The lowest BCUT2D eigenvalue weighted by Crippen LogP contribution is -2.69. The summed E-state index contributed by atoms with van der Waals surface area (Å²) >= 11 is 1.45. The number of rotatable bonds is 8. The fourth-order valence-corrected chi connectivity index (χ4v) is 13.5. The first-order chi connectivity index (χ1) is 35.0. The molecule has 368 valence electrons. The van der Waals surface area contributed by atoms with Crippen LogP contribution in [0.1, 0.15) is 73.0 Å². The molecule has 0 radical (unpaired) electrons. The molecular weight excluding hydrogens is 937 g/mol. The van der Waals surface area contributed by atoms with E-state index in [1.54, 1.807) is 31.4 Å². The number of esters is 3. The normalized spacial score (nSPS) is 24.9. The van der Waals surface area contributed by atoms with Crippen molar-refractivity contribution in [2.24, 2.45) is 0 Å². The first kappa shape index (κ1) is 47.1. The van der Waals surface area contributed by atoms with Crippen LogP contribution < -0.4 is 33.7 Å². The molecule has 5 aromatic rings. The average Bonchev–Trinajstić information content (AvgIpc) is 3.88. The first-order valence-corrected chi connectivity index (χ1v) is 24.9. The number of hydrogen-bond donors (Lipinski definition) is 2. The van der Waals surface area contributed by atoms with Gasteiger partial charge in [-0.1, -0.05) is 66.7 Å². The molecule has 0 aromatic heterocycles. The van der Waals surface area contributed by atoms with Crippen LogP contribution in [0.4, 0.5) is 0 Å². The zero-order valence-electron chi connectivity index (χ0n) is 40.3. The Bertz CT molecular complexity index is 3140. The standard InChI is InChI=1S/C56H52N4O11S/c1-30-22-35-23-37-38(26-57)60-39-27-67-55(64)56(36-25-41(65-4)40(61)24-34(36)20-21-58-56)28-72-54(46-45(39)52-51(68-29-69-52)31(2)50(46)70-42(62)18-16-32-12-8-6-9-13-32)48(60)47(59(37)3)44(35)53(49(30)66-5)71-43(63)19-17-33-14-10-7-11-15-33/h6-19,22,24-25,37-39,47-48,54,58,61H,20-21,23,27-29H2,1-5H3/b18-16+,19-17+/t37-,38-,39-,47+,48?,54+,56+/m0/s1. The lowest BCUT2D eigenvalue weighted by atomic mass is 9.71. The maximum Gasteiger partial charge on any atom is 0.336 e. The first-order valence-electron chi connectivity index (χ1n) is 23.9. The molecule has 5 aromatic carbocycles. The highest BCUT2D eigenvalue weighted by molar-refractivity contribution is 7.99. The summed E-state index contributed by atoms with van der Waals surface area (Å²) < 4.78 is 43.9. The Labute approximate surface area is 420 Å². The number of ether oxygens (including phenoxy) is 7. The molecule has 16 heteroatoms. The maximum atomic E-state index is 15.2. The molecule has 15 nitrogen and oxygen atoms in total. The fourth-order valence-electron chi connectivity index (χ4n) is 11.8. The molecule has 7 aliphatic rings. The van der Waals surface area contributed by atoms with E-state index in [1.807, 2.05) is 81.6 Å². The topological polar surface area (TPSA) is 178 Å². The molecule has 72 heavy (non-hydrogen) atoms. The fraction of sp³-hybridized carbons (Fsp3) is 0.321. The van der Waals surface area contributed by atoms with Gasteiger partial charge in [-0.05, 0) is 91.4 Å². The van der Waals surface area contributed by atoms with Crippen molar-refractivity contribution >= 4 is 41.8 Å². The number of phenols is 1. The number of methoxy groups -OCH3 is 2. The summed E-state index contributed by atoms with van der Waals surface area (Å²) in [5, 5.41) is 25.3. The van der Waals surface area contributed by atoms with E-state index in [0.717, 1.165) is 27.8 Å². The highest BCUT2D eigenvalue weighted by atomic mass is 32.2. The third kappa shape index (κ3) is 7.65. The summed E-state index contributed by atoms with van der Waals surface area (Å²) in [6, 6.07) is 23.7. The summed E-state index contributed by atoms with van der Waals surface area (Å²) in [5.74, 6) is 0.163. The second-order valence-corrected chi connectivity index (χ2v) is 19.9. The van der Waals surface area contributed by atoms with Crippen LogP contribution in [0.3, 0.4) is 0 Å². The molecule has 2 N–H and O–H groups in total. The Kier molecular flexibility index (Phi) is 12.2. The van der Waals surface area contributed by atoms with Gasteiger partial charge in [0.25, 0.3) is 0 Å². The van der Waals surface area contributed by atoms with E-state index in [0.29, 0.717) is 64.5 Å². The third-order valence-corrected chi connectivity index (χ3v) is 16.5. The van der Waals surface area contributed by atoms with Crippen molar-refractivity contribution in [3.05, 3.63) is 147 Å². The smallest absolute Gasteiger partial charge is 0.336 e. The molecule has 4 bridgehead atoms. The number of fused-ring (bicyclic) bond motifs is 9. The number of carbonyl (C=O) groups excluding carboxylic acids is 3. The second-order valence-electron chi connectivity index (χ2n) is 18.8. The monoisotopic (exact) mass is 988 g/mol. The van der Waals surface area contributed by atoms with E-state index < -0.39 is 52.9 Å². The number of carbonyl (C=O) groups is 3. The summed E-state index contributed by atoms with van der Waals surface area (Å²) in [4.78, 5) is 47.8. The lowest BCUT2D eigenvalue weighted by Gasteiger charge is -2.62. The molecule has 1 unspecified atom stereocenters. The number of phenolic OH excluding ortho intramolecular Hbond substituents is 1. The minimum atomic E-state index is -1.45. The number of aryl methyl sites for hydroxylation is 1. The lowest BCUT2D eigenvalue weighted by molar-refractivity contribution is -0.157. The number of hydrogen-bond acceptors (Lipinski definition) is 16. The third-order valence-electron chi connectivity index (χ3n) is 15.0. The minimum absolute atomic E-state index is 0.0480. The van der Waals surface area contributed by atoms with E-state index in [2.05, 4.69) is 27.3 Å². The molecule has 2 fully saturated rings. The van der Waals surface area contributed by atoms with Gasteiger partial charge in [0, 0.05) is 58.8 Å². The molecular formula is C56H52N4O11S. The van der Waals surface area contributed by atoms with Gasteiger partial charge in [-0.25, -0.2) is 14.4 Å². The van der Waals surface area contributed by atoms with Crippen LogP contribution in [0.25, 0.3) is 12.2 Å². The van der Waals surface area contributed by atoms with Gasteiger partial charge in [0.2, 0.25) is 6.79 Å². The van der Waals surface area contributed by atoms with Gasteiger partial charge in [0.05, 0.1) is 37.6 Å². The number of nitrogens with one attached hydrogen (secondary N) is 1. The summed E-state index contributed by atoms with van der Waals surface area (Å²) in [6.07, 6.45) is 7.10. The van der Waals surface area contributed by atoms with Crippen LogP contribution in [-0.2, 0) is 37.5 Å². The predicted molar refractivity (Wildman–Crippen MR) is 267 cm³/mol. The van der Waals surface area contributed by atoms with Crippen LogP contribution in [0.5, 0.6) is 40.2 Å². The van der Waals surface area contributed by atoms with Gasteiger partial charge >= 0.3 is 17.9 Å². The highest BCUT2D eigenvalue weighted by Gasteiger charge is 2.62. The van der Waals surface area contributed by atoms with Crippen LogP contribution in [-0.4, -0.2) is 97.9 Å². The van der Waals surface area contributed by atoms with Gasteiger partial charge in [-0.3, -0.25) is 15.1 Å². The van der Waals surface area contributed by atoms with Crippen molar-refractivity contribution in [2.45, 2.75) is 67.7 Å². The van der Waals surface area contributed by atoms with Crippen molar-refractivity contribution in [1.82, 2.24) is 15.1 Å². The van der Waals surface area contributed by atoms with E-state index >= 15 is 4.79 Å². The van der Waals surface area contributed by atoms with Crippen molar-refractivity contribution in [3.8, 4) is 46.3 Å². The zero-order valence-corrected chi connectivity index (χ0v) is 41.1. The van der Waals surface area contributed by atoms with Crippen LogP contribution in [0.2, 0.25) is 0 Å². The van der Waals surface area contributed by atoms with Gasteiger partial charge in [0.1, 0.15) is 18.4 Å². The Balaban J connectivity index is 1.14. The number of benzene rings is 5.